The summed E-state index contributed by atoms with van der Waals surface area (Å²) < 4.78 is 58.8. The lowest BCUT2D eigenvalue weighted by atomic mass is 10.2. The lowest BCUT2D eigenvalue weighted by Crippen LogP contribution is -2.14. The quantitative estimate of drug-likeness (QED) is 0.569. The number of hydrogen-bond acceptors (Lipinski definition) is 8. The van der Waals surface area contributed by atoms with E-state index in [1.165, 1.54) is 0 Å². The molecule has 8 nitrogen and oxygen atoms in total. The van der Waals surface area contributed by atoms with E-state index in [1.54, 1.807) is 48.5 Å². The lowest BCUT2D eigenvalue weighted by molar-refractivity contribution is -0.00699. The number of rotatable bonds is 0. The van der Waals surface area contributed by atoms with Crippen molar-refractivity contribution in [3.63, 3.8) is 0 Å². The Hall–Kier alpha value is -2.17. The number of sulfone groups is 1. The van der Waals surface area contributed by atoms with E-state index in [2.05, 4.69) is 0 Å². The van der Waals surface area contributed by atoms with Gasteiger partial charge >= 0.3 is 0 Å². The summed E-state index contributed by atoms with van der Waals surface area (Å²) in [5, 5.41) is 0. The van der Waals surface area contributed by atoms with Crippen molar-refractivity contribution < 1.29 is 36.8 Å². The maximum Gasteiger partial charge on any atom is 0.158 e. The molecule has 3 rings (SSSR count). The minimum Gasteiger partial charge on any atom is -0.491 e. The van der Waals surface area contributed by atoms with E-state index in [0.717, 1.165) is 0 Å². The monoisotopic (exact) mass is 480 g/mol. The van der Waals surface area contributed by atoms with E-state index in [1.807, 2.05) is 0 Å². The Kier molecular flexibility index (Phi) is 10.9. The van der Waals surface area contributed by atoms with Crippen molar-refractivity contribution >= 4 is 9.84 Å². The fourth-order valence-electron chi connectivity index (χ4n) is 3.21. The molecule has 0 amide bonds. The minimum atomic E-state index is -3.37. The second-order valence-corrected chi connectivity index (χ2v) is 9.54. The summed E-state index contributed by atoms with van der Waals surface area (Å²) in [7, 11) is -3.37. The second-order valence-electron chi connectivity index (χ2n) is 7.47. The number of hydrogen-bond donors (Lipinski definition) is 0. The van der Waals surface area contributed by atoms with Crippen LogP contribution in [0.25, 0.3) is 0 Å². The van der Waals surface area contributed by atoms with Gasteiger partial charge in [0.05, 0.1) is 64.4 Å². The molecule has 0 saturated heterocycles. The zero-order valence-electron chi connectivity index (χ0n) is 18.8. The first-order valence-electron chi connectivity index (χ1n) is 11.1. The molecule has 4 bridgehead atoms. The Morgan fingerprint density at radius 1 is 0.515 bits per heavy atom. The van der Waals surface area contributed by atoms with Crippen LogP contribution in [0, 0.1) is 0 Å². The van der Waals surface area contributed by atoms with Gasteiger partial charge in [0, 0.05) is 0 Å². The van der Waals surface area contributed by atoms with Crippen molar-refractivity contribution in [1.29, 1.82) is 0 Å². The van der Waals surface area contributed by atoms with Crippen molar-refractivity contribution in [3.05, 3.63) is 59.7 Å². The van der Waals surface area contributed by atoms with Gasteiger partial charge in [0.25, 0.3) is 0 Å². The van der Waals surface area contributed by atoms with Crippen LogP contribution in [-0.2, 0) is 40.3 Å². The highest BCUT2D eigenvalue weighted by Gasteiger charge is 2.14. The molecule has 1 heterocycles. The van der Waals surface area contributed by atoms with Crippen molar-refractivity contribution in [2.24, 2.45) is 0 Å². The summed E-state index contributed by atoms with van der Waals surface area (Å²) in [5.74, 6) is 1.09. The Morgan fingerprint density at radius 2 is 0.879 bits per heavy atom. The van der Waals surface area contributed by atoms with E-state index < -0.39 is 9.84 Å². The minimum absolute atomic E-state index is 0.0704. The van der Waals surface area contributed by atoms with Crippen LogP contribution in [0.4, 0.5) is 0 Å². The van der Waals surface area contributed by atoms with Crippen LogP contribution in [0.3, 0.4) is 0 Å². The predicted molar refractivity (Wildman–Crippen MR) is 123 cm³/mol. The predicted octanol–water partition coefficient (Wildman–Crippen LogP) is 2.64. The fourth-order valence-corrected chi connectivity index (χ4v) is 4.68. The second kappa shape index (κ2) is 14.2. The maximum absolute atomic E-state index is 12.8. The smallest absolute Gasteiger partial charge is 0.158 e. The molecule has 0 spiro atoms. The van der Waals surface area contributed by atoms with E-state index in [0.29, 0.717) is 88.7 Å². The summed E-state index contributed by atoms with van der Waals surface area (Å²) in [6, 6.07) is 14.3. The van der Waals surface area contributed by atoms with Gasteiger partial charge < -0.3 is 28.4 Å². The van der Waals surface area contributed by atoms with Crippen LogP contribution in [0.2, 0.25) is 0 Å². The fraction of sp³-hybridized carbons (Fsp3) is 0.500. The number of fused-ring (bicyclic) bond motifs is 4. The molecular formula is C24H32O8S. The standard InChI is InChI=1S/C24H32O8S/c25-33(26)19-21-3-1-5-23(17-21)31-15-13-29-11-9-27-7-8-28-10-12-30-14-16-32-24-6-2-4-22(18-24)20-33/h1-6,17-18H,7-16,19-20H2. The molecule has 1 aliphatic rings. The summed E-state index contributed by atoms with van der Waals surface area (Å²) in [5.41, 5.74) is 1.36. The Labute approximate surface area is 195 Å². The lowest BCUT2D eigenvalue weighted by Gasteiger charge is -2.10. The van der Waals surface area contributed by atoms with Crippen molar-refractivity contribution in [2.75, 3.05) is 66.1 Å². The van der Waals surface area contributed by atoms with Crippen LogP contribution in [0.1, 0.15) is 11.1 Å². The van der Waals surface area contributed by atoms with E-state index in [4.69, 9.17) is 28.4 Å². The van der Waals surface area contributed by atoms with Crippen LogP contribution in [0.15, 0.2) is 48.5 Å². The Morgan fingerprint density at radius 3 is 1.27 bits per heavy atom. The molecule has 2 aromatic rings. The molecule has 0 aliphatic carbocycles. The summed E-state index contributed by atoms with van der Waals surface area (Å²) in [4.78, 5) is 0. The third-order valence-electron chi connectivity index (χ3n) is 4.68. The molecule has 1 aliphatic heterocycles. The topological polar surface area (TPSA) is 89.5 Å². The molecule has 0 N–H and O–H groups in total. The van der Waals surface area contributed by atoms with Gasteiger partial charge in [0.1, 0.15) is 24.7 Å². The van der Waals surface area contributed by atoms with Crippen LogP contribution >= 0.6 is 0 Å². The third kappa shape index (κ3) is 10.5. The highest BCUT2D eigenvalue weighted by molar-refractivity contribution is 7.89. The van der Waals surface area contributed by atoms with Gasteiger partial charge in [-0.2, -0.15) is 0 Å². The zero-order chi connectivity index (χ0) is 23.2. The van der Waals surface area contributed by atoms with Gasteiger partial charge in [0.15, 0.2) is 9.84 Å². The first-order valence-corrected chi connectivity index (χ1v) is 12.9. The summed E-state index contributed by atoms with van der Waals surface area (Å²) in [6.45, 7) is 4.44. The molecule has 2 aromatic carbocycles. The van der Waals surface area contributed by atoms with Crippen molar-refractivity contribution in [3.8, 4) is 11.5 Å². The largest absolute Gasteiger partial charge is 0.491 e. The van der Waals surface area contributed by atoms with Gasteiger partial charge in [-0.25, -0.2) is 8.42 Å². The highest BCUT2D eigenvalue weighted by atomic mass is 32.2. The maximum atomic E-state index is 12.8. The first-order chi connectivity index (χ1) is 16.1. The van der Waals surface area contributed by atoms with Crippen LogP contribution in [0.5, 0.6) is 11.5 Å². The number of benzene rings is 2. The van der Waals surface area contributed by atoms with E-state index in [-0.39, 0.29) is 11.5 Å². The molecule has 0 atom stereocenters. The average molecular weight is 481 g/mol. The molecule has 0 aromatic heterocycles. The summed E-state index contributed by atoms with van der Waals surface area (Å²) in [6.07, 6.45) is 0. The van der Waals surface area contributed by atoms with Gasteiger partial charge in [0.2, 0.25) is 0 Å². The van der Waals surface area contributed by atoms with Gasteiger partial charge in [-0.05, 0) is 35.4 Å². The molecule has 0 fully saturated rings. The summed E-state index contributed by atoms with van der Waals surface area (Å²) >= 11 is 0. The van der Waals surface area contributed by atoms with Gasteiger partial charge in [-0.3, -0.25) is 0 Å². The van der Waals surface area contributed by atoms with Crippen molar-refractivity contribution in [1.82, 2.24) is 0 Å². The van der Waals surface area contributed by atoms with Crippen molar-refractivity contribution in [2.45, 2.75) is 11.5 Å². The van der Waals surface area contributed by atoms with Gasteiger partial charge in [-0.15, -0.1) is 0 Å². The number of ether oxygens (including phenoxy) is 6. The Bertz CT molecular complexity index is 862. The average Bonchev–Trinajstić information content (AvgIpc) is 2.78. The SMILES string of the molecule is O=S1(=O)Cc2cccc(c2)OCCOCCOCCOCCOCCOc2cccc(c2)C1. The van der Waals surface area contributed by atoms with Crippen LogP contribution < -0.4 is 9.47 Å². The molecule has 0 unspecified atom stereocenters. The zero-order valence-corrected chi connectivity index (χ0v) is 19.6. The molecule has 0 radical (unpaired) electrons. The normalized spacial score (nSPS) is 19.8. The highest BCUT2D eigenvalue weighted by Crippen LogP contribution is 2.20. The van der Waals surface area contributed by atoms with E-state index in [9.17, 15) is 8.42 Å². The molecular weight excluding hydrogens is 448 g/mol. The first kappa shape index (κ1) is 25.5. The molecule has 33 heavy (non-hydrogen) atoms. The molecule has 0 saturated carbocycles. The molecule has 9 heteroatoms. The molecule has 182 valence electrons. The van der Waals surface area contributed by atoms with E-state index >= 15 is 0 Å². The third-order valence-corrected chi connectivity index (χ3v) is 6.23. The van der Waals surface area contributed by atoms with Gasteiger partial charge in [-0.1, -0.05) is 24.3 Å². The van der Waals surface area contributed by atoms with Crippen LogP contribution in [-0.4, -0.2) is 74.5 Å². The Balaban J connectivity index is 1.60.